The molecule has 2 aliphatic rings. The number of allylic oxidation sites excluding steroid dienone is 3. The third-order valence-electron chi connectivity index (χ3n) is 7.25. The zero-order valence-corrected chi connectivity index (χ0v) is 27.3. The number of amides is 1. The fraction of sp³-hybridized carbons (Fsp3) is 0.412. The van der Waals surface area contributed by atoms with Gasteiger partial charge in [0.15, 0.2) is 0 Å². The zero-order valence-electron chi connectivity index (χ0n) is 27.3. The smallest absolute Gasteiger partial charge is 0.258 e. The Bertz CT molecular complexity index is 1300. The van der Waals surface area contributed by atoms with E-state index in [1.807, 2.05) is 68.3 Å². The molecule has 4 rings (SSSR count). The molecule has 2 aliphatic carbocycles. The minimum Gasteiger partial charge on any atom is -0.400 e. The van der Waals surface area contributed by atoms with Crippen LogP contribution in [-0.4, -0.2) is 85.5 Å². The molecule has 0 spiro atoms. The van der Waals surface area contributed by atoms with Crippen molar-refractivity contribution in [3.63, 3.8) is 0 Å². The number of benzene rings is 1. The Morgan fingerprint density at radius 2 is 1.80 bits per heavy atom. The third kappa shape index (κ3) is 11.3. The van der Waals surface area contributed by atoms with E-state index >= 15 is 0 Å². The highest BCUT2D eigenvalue weighted by atomic mass is 19.1. The van der Waals surface area contributed by atoms with Gasteiger partial charge in [0.2, 0.25) is 5.95 Å². The molecule has 0 aliphatic heterocycles. The number of pyridine rings is 1. The van der Waals surface area contributed by atoms with Crippen LogP contribution in [0.25, 0.3) is 5.57 Å². The number of hydrogen-bond acceptors (Lipinski definition) is 8. The maximum atomic E-state index is 13.6. The van der Waals surface area contributed by atoms with E-state index in [4.69, 9.17) is 15.6 Å². The summed E-state index contributed by atoms with van der Waals surface area (Å²) < 4.78 is 13.6. The highest BCUT2D eigenvalue weighted by molar-refractivity contribution is 6.20. The van der Waals surface area contributed by atoms with Gasteiger partial charge in [-0.3, -0.25) is 15.2 Å². The standard InChI is InChI=1S/C30H36FN7O.C2H6.2CH4O/c1-33-24-12-7-13-25(24)38(3)28(32)27(30(39)34-2)29(36-22-9-5-4-6-10-22)35-19-20-15-17-21(18-16-20)23-11-8-14-26(31)37-23;3*1-2/h4-6,8-11,14-15,17-18,20,24-25,32,35-36H,1,7,12-13,16,19H2,2-3H3,(H,34,39);1-2H3;2*2H,1H3/b29-27-,32-28?;;;. The van der Waals surface area contributed by atoms with Crippen LogP contribution in [0.3, 0.4) is 0 Å². The normalized spacial score (nSPS) is 18.5. The first-order chi connectivity index (χ1) is 21.9. The second kappa shape index (κ2) is 21.4. The van der Waals surface area contributed by atoms with E-state index in [9.17, 15) is 9.18 Å². The maximum Gasteiger partial charge on any atom is 0.258 e. The van der Waals surface area contributed by atoms with Gasteiger partial charge in [-0.05, 0) is 68.2 Å². The fourth-order valence-corrected chi connectivity index (χ4v) is 5.06. The molecule has 1 fully saturated rings. The molecule has 1 saturated carbocycles. The number of carbonyl (C=O) groups excluding carboxylic acids is 1. The quantitative estimate of drug-likeness (QED) is 0.0981. The molecule has 45 heavy (non-hydrogen) atoms. The topological polar surface area (TPSA) is 146 Å². The summed E-state index contributed by atoms with van der Waals surface area (Å²) in [7, 11) is 5.41. The van der Waals surface area contributed by atoms with E-state index < -0.39 is 5.95 Å². The molecule has 1 amide bonds. The predicted molar refractivity (Wildman–Crippen MR) is 183 cm³/mol. The SMILES string of the molecule is C=NC1CCCC1N(C)C(=N)/C(C(=O)NC)=C(\NCC1C=CC(c2cccc(F)n2)=CC1)Nc1ccccc1.CC.CO.CO. The summed E-state index contributed by atoms with van der Waals surface area (Å²) in [6.45, 7) is 8.25. The molecule has 3 atom stereocenters. The fourth-order valence-electron chi connectivity index (χ4n) is 5.06. The van der Waals surface area contributed by atoms with Crippen molar-refractivity contribution < 1.29 is 19.4 Å². The van der Waals surface area contributed by atoms with Gasteiger partial charge >= 0.3 is 0 Å². The average molecular weight is 624 g/mol. The van der Waals surface area contributed by atoms with E-state index in [2.05, 4.69) is 38.7 Å². The Balaban J connectivity index is 0.00000159. The third-order valence-corrected chi connectivity index (χ3v) is 7.25. The van der Waals surface area contributed by atoms with Gasteiger partial charge in [-0.1, -0.05) is 56.3 Å². The number of hydrogen-bond donors (Lipinski definition) is 6. The van der Waals surface area contributed by atoms with Crippen LogP contribution in [0.4, 0.5) is 10.1 Å². The number of anilines is 1. The molecule has 1 heterocycles. The van der Waals surface area contributed by atoms with Gasteiger partial charge in [0.05, 0.1) is 17.8 Å². The first kappa shape index (κ1) is 38.7. The van der Waals surface area contributed by atoms with E-state index in [0.717, 1.165) is 51.2 Å². The molecular weight excluding hydrogens is 573 g/mol. The molecule has 1 aromatic carbocycles. The van der Waals surface area contributed by atoms with Crippen molar-refractivity contribution in [3.8, 4) is 0 Å². The molecule has 0 saturated heterocycles. The largest absolute Gasteiger partial charge is 0.400 e. The van der Waals surface area contributed by atoms with Crippen LogP contribution in [0.1, 0.15) is 45.2 Å². The van der Waals surface area contributed by atoms with Gasteiger partial charge in [-0.25, -0.2) is 4.98 Å². The number of aromatic nitrogens is 1. The number of likely N-dealkylation sites (N-methyl/N-ethyl adjacent to an activating group) is 2. The summed E-state index contributed by atoms with van der Waals surface area (Å²) in [6, 6.07) is 14.4. The van der Waals surface area contributed by atoms with Crippen molar-refractivity contribution >= 4 is 29.7 Å². The van der Waals surface area contributed by atoms with E-state index in [0.29, 0.717) is 18.1 Å². The maximum absolute atomic E-state index is 13.6. The minimum absolute atomic E-state index is 0.00824. The summed E-state index contributed by atoms with van der Waals surface area (Å²) in [4.78, 5) is 23.3. The summed E-state index contributed by atoms with van der Waals surface area (Å²) in [5.74, 6) is -0.184. The van der Waals surface area contributed by atoms with Crippen molar-refractivity contribution in [2.75, 3.05) is 40.2 Å². The second-order valence-electron chi connectivity index (χ2n) is 9.77. The summed E-state index contributed by atoms with van der Waals surface area (Å²) in [5.41, 5.74) is 2.49. The van der Waals surface area contributed by atoms with Crippen molar-refractivity contribution in [2.45, 2.75) is 51.6 Å². The van der Waals surface area contributed by atoms with Gasteiger partial charge < -0.3 is 31.1 Å². The van der Waals surface area contributed by atoms with Gasteiger partial charge in [-0.15, -0.1) is 0 Å². The first-order valence-electron chi connectivity index (χ1n) is 15.1. The summed E-state index contributed by atoms with van der Waals surface area (Å²) in [5, 5.41) is 32.5. The van der Waals surface area contributed by atoms with E-state index in [1.54, 1.807) is 19.2 Å². The monoisotopic (exact) mass is 623 g/mol. The van der Waals surface area contributed by atoms with Gasteiger partial charge in [0.1, 0.15) is 17.2 Å². The Morgan fingerprint density at radius 1 is 1.11 bits per heavy atom. The number of aliphatic hydroxyl groups excluding tert-OH is 2. The molecule has 1 aromatic heterocycles. The van der Waals surface area contributed by atoms with Crippen LogP contribution >= 0.6 is 0 Å². The van der Waals surface area contributed by atoms with Crippen molar-refractivity contribution in [1.29, 1.82) is 5.41 Å². The summed E-state index contributed by atoms with van der Waals surface area (Å²) >= 11 is 0. The molecule has 11 heteroatoms. The number of nitrogens with one attached hydrogen (secondary N) is 4. The van der Waals surface area contributed by atoms with Crippen molar-refractivity contribution in [3.05, 3.63) is 89.8 Å². The lowest BCUT2D eigenvalue weighted by Gasteiger charge is -2.31. The lowest BCUT2D eigenvalue weighted by atomic mass is 9.95. The molecule has 0 radical (unpaired) electrons. The highest BCUT2D eigenvalue weighted by Crippen LogP contribution is 2.28. The number of halogens is 1. The number of carbonyl (C=O) groups is 1. The van der Waals surface area contributed by atoms with Gasteiger partial charge in [-0.2, -0.15) is 4.39 Å². The molecule has 10 nitrogen and oxygen atoms in total. The van der Waals surface area contributed by atoms with Gasteiger partial charge in [0, 0.05) is 40.5 Å². The predicted octanol–water partition coefficient (Wildman–Crippen LogP) is 4.61. The Morgan fingerprint density at radius 3 is 2.38 bits per heavy atom. The van der Waals surface area contributed by atoms with Crippen LogP contribution in [0.15, 0.2) is 83.1 Å². The van der Waals surface area contributed by atoms with E-state index in [-0.39, 0.29) is 35.3 Å². The molecule has 2 aromatic rings. The first-order valence-corrected chi connectivity index (χ1v) is 15.1. The average Bonchev–Trinajstić information content (AvgIpc) is 3.59. The van der Waals surface area contributed by atoms with Crippen molar-refractivity contribution in [1.82, 2.24) is 20.5 Å². The lowest BCUT2D eigenvalue weighted by molar-refractivity contribution is -0.116. The van der Waals surface area contributed by atoms with Crippen LogP contribution in [-0.2, 0) is 4.79 Å². The number of aliphatic imine (C=N–C) groups is 1. The Labute approximate surface area is 267 Å². The number of amidine groups is 1. The zero-order chi connectivity index (χ0) is 33.8. The Kier molecular flexibility index (Phi) is 18.4. The highest BCUT2D eigenvalue weighted by Gasteiger charge is 2.34. The number of para-hydroxylation sites is 1. The lowest BCUT2D eigenvalue weighted by Crippen LogP contribution is -2.45. The van der Waals surface area contributed by atoms with Crippen LogP contribution < -0.4 is 16.0 Å². The minimum atomic E-state index is -0.505. The molecular formula is C34H50FN7O3. The van der Waals surface area contributed by atoms with Crippen LogP contribution in [0.2, 0.25) is 0 Å². The molecule has 0 bridgehead atoms. The van der Waals surface area contributed by atoms with Crippen LogP contribution in [0, 0.1) is 17.3 Å². The summed E-state index contributed by atoms with van der Waals surface area (Å²) in [6.07, 6.45) is 9.59. The molecule has 6 N–H and O–H groups in total. The number of aliphatic hydroxyl groups is 2. The number of rotatable bonds is 10. The Hall–Kier alpha value is -4.35. The second-order valence-corrected chi connectivity index (χ2v) is 9.77. The van der Waals surface area contributed by atoms with Gasteiger partial charge in [0.25, 0.3) is 5.91 Å². The number of nitrogens with zero attached hydrogens (tertiary/aromatic N) is 3. The molecule has 246 valence electrons. The van der Waals surface area contributed by atoms with Crippen LogP contribution in [0.5, 0.6) is 0 Å². The van der Waals surface area contributed by atoms with Crippen molar-refractivity contribution in [2.24, 2.45) is 10.9 Å². The molecule has 3 unspecified atom stereocenters. The van der Waals surface area contributed by atoms with E-state index in [1.165, 1.54) is 6.07 Å².